The molecule has 26 heavy (non-hydrogen) atoms. The van der Waals surface area contributed by atoms with E-state index in [4.69, 9.17) is 35.4 Å². The third-order valence-electron chi connectivity index (χ3n) is 4.38. The predicted molar refractivity (Wildman–Crippen MR) is 108 cm³/mol. The van der Waals surface area contributed by atoms with Gasteiger partial charge in [0.1, 0.15) is 5.57 Å². The van der Waals surface area contributed by atoms with E-state index in [1.165, 1.54) is 11.0 Å². The van der Waals surface area contributed by atoms with E-state index in [1.54, 1.807) is 18.2 Å². The van der Waals surface area contributed by atoms with Crippen LogP contribution in [-0.4, -0.2) is 21.5 Å². The van der Waals surface area contributed by atoms with Crippen molar-refractivity contribution in [2.75, 3.05) is 4.90 Å². The Morgan fingerprint density at radius 2 is 1.81 bits per heavy atom. The van der Waals surface area contributed by atoms with Gasteiger partial charge in [-0.25, -0.2) is 0 Å². The SMILES string of the molecule is Cc1cc(/C=C2\C(=O)NC(=S)N(c3ccc(Cl)c(Cl)c3)C2=O)c(C)n1C. The van der Waals surface area contributed by atoms with Gasteiger partial charge in [0.05, 0.1) is 15.7 Å². The number of anilines is 1. The summed E-state index contributed by atoms with van der Waals surface area (Å²) in [6.07, 6.45) is 1.58. The minimum Gasteiger partial charge on any atom is -0.352 e. The van der Waals surface area contributed by atoms with Gasteiger partial charge in [-0.05, 0) is 62.0 Å². The van der Waals surface area contributed by atoms with Crippen LogP contribution in [0, 0.1) is 13.8 Å². The van der Waals surface area contributed by atoms with Crippen LogP contribution in [0.5, 0.6) is 0 Å². The summed E-state index contributed by atoms with van der Waals surface area (Å²) >= 11 is 17.2. The number of benzene rings is 1. The molecule has 1 saturated heterocycles. The van der Waals surface area contributed by atoms with Crippen molar-refractivity contribution in [2.24, 2.45) is 7.05 Å². The second kappa shape index (κ2) is 6.87. The Hall–Kier alpha value is -2.15. The first-order valence-corrected chi connectivity index (χ1v) is 8.86. The molecule has 1 fully saturated rings. The van der Waals surface area contributed by atoms with E-state index in [9.17, 15) is 9.59 Å². The van der Waals surface area contributed by atoms with Crippen LogP contribution >= 0.6 is 35.4 Å². The number of rotatable bonds is 2. The maximum Gasteiger partial charge on any atom is 0.270 e. The second-order valence-electron chi connectivity index (χ2n) is 5.94. The lowest BCUT2D eigenvalue weighted by molar-refractivity contribution is -0.122. The van der Waals surface area contributed by atoms with Gasteiger partial charge in [0.15, 0.2) is 5.11 Å². The van der Waals surface area contributed by atoms with Gasteiger partial charge in [-0.3, -0.25) is 19.8 Å². The molecule has 1 N–H and O–H groups in total. The zero-order valence-electron chi connectivity index (χ0n) is 14.3. The number of hydrogen-bond donors (Lipinski definition) is 1. The molecule has 1 aliphatic rings. The average molecular weight is 408 g/mol. The molecule has 1 aromatic carbocycles. The van der Waals surface area contributed by atoms with Gasteiger partial charge >= 0.3 is 0 Å². The summed E-state index contributed by atoms with van der Waals surface area (Å²) in [5.74, 6) is -1.05. The molecule has 1 aliphatic heterocycles. The number of hydrogen-bond acceptors (Lipinski definition) is 3. The number of aromatic nitrogens is 1. The highest BCUT2D eigenvalue weighted by Gasteiger charge is 2.34. The van der Waals surface area contributed by atoms with Gasteiger partial charge in [-0.2, -0.15) is 0 Å². The van der Waals surface area contributed by atoms with E-state index >= 15 is 0 Å². The first-order valence-electron chi connectivity index (χ1n) is 7.70. The van der Waals surface area contributed by atoms with Crippen LogP contribution in [0.4, 0.5) is 5.69 Å². The van der Waals surface area contributed by atoms with Gasteiger partial charge in [0.25, 0.3) is 11.8 Å². The van der Waals surface area contributed by atoms with Crippen LogP contribution in [-0.2, 0) is 16.6 Å². The molecule has 2 amide bonds. The second-order valence-corrected chi connectivity index (χ2v) is 7.14. The smallest absolute Gasteiger partial charge is 0.270 e. The zero-order valence-corrected chi connectivity index (χ0v) is 16.6. The van der Waals surface area contributed by atoms with E-state index in [0.717, 1.165) is 17.0 Å². The van der Waals surface area contributed by atoms with Crippen molar-refractivity contribution in [3.8, 4) is 0 Å². The molecule has 2 heterocycles. The molecule has 1 aromatic heterocycles. The minimum absolute atomic E-state index is 0.00151. The molecule has 0 radical (unpaired) electrons. The summed E-state index contributed by atoms with van der Waals surface area (Å²) in [7, 11) is 1.92. The molecule has 0 bridgehead atoms. The monoisotopic (exact) mass is 407 g/mol. The summed E-state index contributed by atoms with van der Waals surface area (Å²) in [5.41, 5.74) is 3.20. The third kappa shape index (κ3) is 3.16. The van der Waals surface area contributed by atoms with Crippen molar-refractivity contribution >= 4 is 64.1 Å². The quantitative estimate of drug-likeness (QED) is 0.468. The zero-order chi connectivity index (χ0) is 19.2. The number of nitrogens with one attached hydrogen (secondary N) is 1. The molecule has 2 aromatic rings. The molecule has 3 rings (SSSR count). The number of halogens is 2. The molecule has 0 spiro atoms. The minimum atomic E-state index is -0.530. The van der Waals surface area contributed by atoms with Gasteiger partial charge in [-0.15, -0.1) is 0 Å². The Kier molecular flexibility index (Phi) is 4.92. The molecule has 134 valence electrons. The van der Waals surface area contributed by atoms with E-state index in [-0.39, 0.29) is 15.7 Å². The van der Waals surface area contributed by atoms with E-state index in [1.807, 2.05) is 31.5 Å². The van der Waals surface area contributed by atoms with Crippen molar-refractivity contribution in [1.29, 1.82) is 0 Å². The van der Waals surface area contributed by atoms with Gasteiger partial charge < -0.3 is 4.57 Å². The number of carbonyl (C=O) groups excluding carboxylic acids is 2. The van der Waals surface area contributed by atoms with E-state index in [2.05, 4.69) is 5.32 Å². The van der Waals surface area contributed by atoms with Gasteiger partial charge in [0.2, 0.25) is 0 Å². The predicted octanol–water partition coefficient (Wildman–Crippen LogP) is 3.78. The van der Waals surface area contributed by atoms with Crippen LogP contribution in [0.1, 0.15) is 17.0 Å². The number of aryl methyl sites for hydroxylation is 1. The first kappa shape index (κ1) is 18.6. The van der Waals surface area contributed by atoms with Gasteiger partial charge in [-0.1, -0.05) is 23.2 Å². The highest BCUT2D eigenvalue weighted by molar-refractivity contribution is 7.80. The standard InChI is InChI=1S/C18H15Cl2N3O2S/c1-9-6-11(10(2)22(9)3)7-13-16(24)21-18(26)23(17(13)25)12-4-5-14(19)15(20)8-12/h4-8H,1-3H3,(H,21,24,26)/b13-7+. The lowest BCUT2D eigenvalue weighted by atomic mass is 10.1. The molecule has 8 heteroatoms. The molecule has 5 nitrogen and oxygen atoms in total. The fraction of sp³-hybridized carbons (Fsp3) is 0.167. The average Bonchev–Trinajstić information content (AvgIpc) is 2.81. The molecule has 0 aliphatic carbocycles. The number of thiocarbonyl (C=S) groups is 1. The molecular formula is C18H15Cl2N3O2S. The van der Waals surface area contributed by atoms with E-state index in [0.29, 0.717) is 10.7 Å². The topological polar surface area (TPSA) is 54.3 Å². The molecule has 0 atom stereocenters. The maximum absolute atomic E-state index is 13.0. The summed E-state index contributed by atoms with van der Waals surface area (Å²) in [6, 6.07) is 6.63. The maximum atomic E-state index is 13.0. The fourth-order valence-corrected chi connectivity index (χ4v) is 3.28. The van der Waals surface area contributed by atoms with Crippen molar-refractivity contribution in [3.05, 3.63) is 56.8 Å². The van der Waals surface area contributed by atoms with Crippen LogP contribution < -0.4 is 10.2 Å². The fourth-order valence-electron chi connectivity index (χ4n) is 2.70. The Labute approximate surface area is 166 Å². The summed E-state index contributed by atoms with van der Waals surface area (Å²) in [4.78, 5) is 26.6. The Balaban J connectivity index is 2.06. The van der Waals surface area contributed by atoms with Crippen molar-refractivity contribution in [1.82, 2.24) is 9.88 Å². The Bertz CT molecular complexity index is 995. The molecule has 0 unspecified atom stereocenters. The van der Waals surface area contributed by atoms with Crippen LogP contribution in [0.25, 0.3) is 6.08 Å². The highest BCUT2D eigenvalue weighted by atomic mass is 35.5. The normalized spacial score (nSPS) is 16.4. The molecular weight excluding hydrogens is 393 g/mol. The Morgan fingerprint density at radius 3 is 2.38 bits per heavy atom. The summed E-state index contributed by atoms with van der Waals surface area (Å²) in [5, 5.41) is 3.20. The third-order valence-corrected chi connectivity index (χ3v) is 5.40. The number of amides is 2. The summed E-state index contributed by atoms with van der Waals surface area (Å²) in [6.45, 7) is 3.88. The molecule has 0 saturated carbocycles. The lowest BCUT2D eigenvalue weighted by Gasteiger charge is -2.29. The van der Waals surface area contributed by atoms with Crippen LogP contribution in [0.3, 0.4) is 0 Å². The van der Waals surface area contributed by atoms with Crippen LogP contribution in [0.2, 0.25) is 10.0 Å². The highest BCUT2D eigenvalue weighted by Crippen LogP contribution is 2.29. The van der Waals surface area contributed by atoms with Crippen LogP contribution in [0.15, 0.2) is 29.8 Å². The van der Waals surface area contributed by atoms with Crippen molar-refractivity contribution < 1.29 is 9.59 Å². The first-order chi connectivity index (χ1) is 12.2. The Morgan fingerprint density at radius 1 is 1.12 bits per heavy atom. The number of carbonyl (C=O) groups is 2. The number of nitrogens with zero attached hydrogens (tertiary/aromatic N) is 2. The largest absolute Gasteiger partial charge is 0.352 e. The van der Waals surface area contributed by atoms with Crippen molar-refractivity contribution in [2.45, 2.75) is 13.8 Å². The van der Waals surface area contributed by atoms with Crippen molar-refractivity contribution in [3.63, 3.8) is 0 Å². The van der Waals surface area contributed by atoms with Gasteiger partial charge in [0, 0.05) is 18.4 Å². The summed E-state index contributed by atoms with van der Waals surface area (Å²) < 4.78 is 1.99. The van der Waals surface area contributed by atoms with E-state index < -0.39 is 11.8 Å². The lowest BCUT2D eigenvalue weighted by Crippen LogP contribution is -2.54.